The van der Waals surface area contributed by atoms with Gasteiger partial charge in [0, 0.05) is 31.4 Å². The smallest absolute Gasteiger partial charge is 0.276 e. The number of fused-ring (bicyclic) bond motifs is 1. The zero-order chi connectivity index (χ0) is 20.2. The molecule has 2 amide bonds. The Bertz CT molecular complexity index is 1030. The molecule has 1 aliphatic heterocycles. The highest BCUT2D eigenvalue weighted by Crippen LogP contribution is 2.18. The largest absolute Gasteiger partial charge is 0.333 e. The van der Waals surface area contributed by atoms with Gasteiger partial charge in [0.2, 0.25) is 0 Å². The van der Waals surface area contributed by atoms with E-state index in [1.807, 2.05) is 59.5 Å². The van der Waals surface area contributed by atoms with Crippen molar-refractivity contribution in [2.75, 3.05) is 11.9 Å². The monoisotopic (exact) mass is 388 g/mol. The number of hydrogen-bond donors (Lipinski definition) is 1. The molecule has 0 radical (unpaired) electrons. The van der Waals surface area contributed by atoms with E-state index in [9.17, 15) is 9.59 Å². The number of aromatic nitrogens is 2. The third-order valence-electron chi connectivity index (χ3n) is 5.13. The van der Waals surface area contributed by atoms with Crippen molar-refractivity contribution in [3.05, 3.63) is 83.2 Å². The molecular weight excluding hydrogens is 364 g/mol. The van der Waals surface area contributed by atoms with Crippen LogP contribution < -0.4 is 5.32 Å². The number of rotatable bonds is 5. The van der Waals surface area contributed by atoms with Gasteiger partial charge >= 0.3 is 0 Å². The van der Waals surface area contributed by atoms with Crippen LogP contribution in [-0.4, -0.2) is 33.0 Å². The van der Waals surface area contributed by atoms with Gasteiger partial charge in [-0.2, -0.15) is 5.10 Å². The van der Waals surface area contributed by atoms with Crippen LogP contribution in [-0.2, 0) is 19.5 Å². The molecule has 2 heterocycles. The number of anilines is 1. The molecule has 0 fully saturated rings. The maximum absolute atomic E-state index is 13.1. The quantitative estimate of drug-likeness (QED) is 0.724. The summed E-state index contributed by atoms with van der Waals surface area (Å²) in [6.07, 6.45) is 1.70. The summed E-state index contributed by atoms with van der Waals surface area (Å²) in [6.45, 7) is 3.91. The first-order chi connectivity index (χ1) is 14.1. The highest BCUT2D eigenvalue weighted by Gasteiger charge is 2.26. The molecule has 0 saturated heterocycles. The van der Waals surface area contributed by atoms with Gasteiger partial charge in [-0.3, -0.25) is 14.3 Å². The van der Waals surface area contributed by atoms with Crippen LogP contribution in [0.25, 0.3) is 0 Å². The Hall–Kier alpha value is -3.41. The number of benzene rings is 2. The first-order valence-electron chi connectivity index (χ1n) is 9.95. The first kappa shape index (κ1) is 18.9. The molecule has 0 aliphatic carbocycles. The number of hydrogen-bond acceptors (Lipinski definition) is 3. The van der Waals surface area contributed by atoms with Crippen molar-refractivity contribution in [3.63, 3.8) is 0 Å². The van der Waals surface area contributed by atoms with E-state index in [2.05, 4.69) is 17.3 Å². The van der Waals surface area contributed by atoms with Crippen molar-refractivity contribution in [1.82, 2.24) is 14.7 Å². The van der Waals surface area contributed by atoms with Gasteiger partial charge in [0.25, 0.3) is 11.8 Å². The number of nitrogens with zero attached hydrogens (tertiary/aromatic N) is 3. The molecule has 1 aliphatic rings. The van der Waals surface area contributed by atoms with Gasteiger partial charge in [-0.1, -0.05) is 49.4 Å². The molecule has 1 aromatic heterocycles. The van der Waals surface area contributed by atoms with Gasteiger partial charge < -0.3 is 10.2 Å². The summed E-state index contributed by atoms with van der Waals surface area (Å²) in [5.41, 5.74) is 3.69. The molecule has 2 aromatic carbocycles. The molecule has 6 nitrogen and oxygen atoms in total. The summed E-state index contributed by atoms with van der Waals surface area (Å²) < 4.78 is 1.66. The summed E-state index contributed by atoms with van der Waals surface area (Å²) in [5.74, 6) is -0.396. The van der Waals surface area contributed by atoms with Gasteiger partial charge in [-0.25, -0.2) is 0 Å². The van der Waals surface area contributed by atoms with E-state index in [1.54, 1.807) is 10.7 Å². The lowest BCUT2D eigenvalue weighted by Gasteiger charge is -2.20. The third kappa shape index (κ3) is 4.21. The minimum absolute atomic E-state index is 0.0918. The van der Waals surface area contributed by atoms with Crippen LogP contribution >= 0.6 is 0 Å². The topological polar surface area (TPSA) is 67.2 Å². The number of carbonyl (C=O) groups is 2. The second-order valence-electron chi connectivity index (χ2n) is 7.21. The van der Waals surface area contributed by atoms with E-state index in [1.165, 1.54) is 0 Å². The predicted octanol–water partition coefficient (Wildman–Crippen LogP) is 3.74. The van der Waals surface area contributed by atoms with Crippen molar-refractivity contribution < 1.29 is 9.59 Å². The van der Waals surface area contributed by atoms with Crippen molar-refractivity contribution in [3.8, 4) is 0 Å². The van der Waals surface area contributed by atoms with E-state index < -0.39 is 0 Å². The first-order valence-corrected chi connectivity index (χ1v) is 9.95. The zero-order valence-electron chi connectivity index (χ0n) is 16.5. The molecule has 148 valence electrons. The third-order valence-corrected chi connectivity index (χ3v) is 5.13. The Labute approximate surface area is 170 Å². The lowest BCUT2D eigenvalue weighted by atomic mass is 10.1. The number of amides is 2. The maximum atomic E-state index is 13.1. The van der Waals surface area contributed by atoms with Crippen molar-refractivity contribution in [2.24, 2.45) is 0 Å². The Morgan fingerprint density at radius 2 is 1.83 bits per heavy atom. The Morgan fingerprint density at radius 3 is 2.62 bits per heavy atom. The Morgan fingerprint density at radius 1 is 1.03 bits per heavy atom. The lowest BCUT2D eigenvalue weighted by Crippen LogP contribution is -2.30. The van der Waals surface area contributed by atoms with Crippen LogP contribution in [0, 0.1) is 0 Å². The minimum Gasteiger partial charge on any atom is -0.333 e. The molecule has 0 saturated carbocycles. The zero-order valence-corrected chi connectivity index (χ0v) is 16.5. The minimum atomic E-state index is -0.304. The van der Waals surface area contributed by atoms with Gasteiger partial charge in [-0.05, 0) is 36.1 Å². The fourth-order valence-electron chi connectivity index (χ4n) is 3.56. The Balaban J connectivity index is 1.52. The van der Waals surface area contributed by atoms with Crippen LogP contribution in [0.1, 0.15) is 45.4 Å². The van der Waals surface area contributed by atoms with E-state index in [-0.39, 0.29) is 17.5 Å². The molecule has 6 heteroatoms. The molecular formula is C23H24N4O2. The lowest BCUT2D eigenvalue weighted by molar-refractivity contribution is 0.0745. The fraction of sp³-hybridized carbons (Fsp3) is 0.261. The van der Waals surface area contributed by atoms with Crippen molar-refractivity contribution in [1.29, 1.82) is 0 Å². The summed E-state index contributed by atoms with van der Waals surface area (Å²) in [5, 5.41) is 7.28. The van der Waals surface area contributed by atoms with Crippen LogP contribution in [0.4, 0.5) is 5.69 Å². The van der Waals surface area contributed by atoms with Crippen LogP contribution in [0.3, 0.4) is 0 Å². The predicted molar refractivity (Wildman–Crippen MR) is 112 cm³/mol. The number of nitrogens with one attached hydrogen (secondary N) is 1. The molecule has 0 atom stereocenters. The van der Waals surface area contributed by atoms with Gasteiger partial charge in [0.05, 0.1) is 0 Å². The molecule has 3 aromatic rings. The average molecular weight is 388 g/mol. The van der Waals surface area contributed by atoms with Crippen LogP contribution in [0.2, 0.25) is 0 Å². The summed E-state index contributed by atoms with van der Waals surface area (Å²) in [4.78, 5) is 27.6. The highest BCUT2D eigenvalue weighted by molar-refractivity contribution is 6.04. The standard InChI is InChI=1S/C23H24N4O2/c1-2-17-10-6-11-19(14-17)24-22(28)20-15-21-23(29)26(12-7-13-27(21)25-20)16-18-8-4-3-5-9-18/h3-6,8-11,14-15H,2,7,12-13,16H2,1H3,(H,24,28). The van der Waals surface area contributed by atoms with Crippen molar-refractivity contribution >= 4 is 17.5 Å². The molecule has 0 bridgehead atoms. The van der Waals surface area contributed by atoms with E-state index in [0.29, 0.717) is 25.3 Å². The van der Waals surface area contributed by atoms with Gasteiger partial charge in [0.1, 0.15) is 5.69 Å². The van der Waals surface area contributed by atoms with Gasteiger partial charge in [0.15, 0.2) is 5.69 Å². The van der Waals surface area contributed by atoms with E-state index in [4.69, 9.17) is 0 Å². The molecule has 0 spiro atoms. The Kier molecular flexibility index (Phi) is 5.42. The van der Waals surface area contributed by atoms with Crippen LogP contribution in [0.5, 0.6) is 0 Å². The van der Waals surface area contributed by atoms with E-state index in [0.717, 1.165) is 29.7 Å². The summed E-state index contributed by atoms with van der Waals surface area (Å²) in [6, 6.07) is 19.3. The molecule has 4 rings (SSSR count). The fourth-order valence-corrected chi connectivity index (χ4v) is 3.56. The normalized spacial score (nSPS) is 13.7. The second kappa shape index (κ2) is 8.31. The molecule has 29 heavy (non-hydrogen) atoms. The summed E-state index contributed by atoms with van der Waals surface area (Å²) >= 11 is 0. The van der Waals surface area contributed by atoms with Crippen LogP contribution in [0.15, 0.2) is 60.7 Å². The summed E-state index contributed by atoms with van der Waals surface area (Å²) in [7, 11) is 0. The maximum Gasteiger partial charge on any atom is 0.276 e. The number of carbonyl (C=O) groups excluding carboxylic acids is 2. The number of aryl methyl sites for hydroxylation is 2. The molecule has 0 unspecified atom stereocenters. The second-order valence-corrected chi connectivity index (χ2v) is 7.21. The van der Waals surface area contributed by atoms with Gasteiger partial charge in [-0.15, -0.1) is 0 Å². The molecule has 1 N–H and O–H groups in total. The van der Waals surface area contributed by atoms with E-state index >= 15 is 0 Å². The highest BCUT2D eigenvalue weighted by atomic mass is 16.2. The van der Waals surface area contributed by atoms with Crippen molar-refractivity contribution in [2.45, 2.75) is 32.9 Å². The average Bonchev–Trinajstić information content (AvgIpc) is 3.12. The SMILES string of the molecule is CCc1cccc(NC(=O)c2cc3n(n2)CCCN(Cc2ccccc2)C3=O)c1.